The molecule has 280 valence electrons. The van der Waals surface area contributed by atoms with Crippen molar-refractivity contribution in [2.75, 3.05) is 44.9 Å². The number of hydrogen-bond donors (Lipinski definition) is 1. The van der Waals surface area contributed by atoms with Gasteiger partial charge in [0, 0.05) is 47.6 Å². The molecule has 7 rings (SSSR count). The van der Waals surface area contributed by atoms with Gasteiger partial charge in [0.05, 0.1) is 49.9 Å². The van der Waals surface area contributed by atoms with Crippen LogP contribution in [-0.2, 0) is 23.7 Å². The fourth-order valence-corrected chi connectivity index (χ4v) is 7.18. The van der Waals surface area contributed by atoms with E-state index in [2.05, 4.69) is 11.8 Å². The molecule has 1 unspecified atom stereocenters. The van der Waals surface area contributed by atoms with E-state index in [1.165, 1.54) is 7.11 Å². The summed E-state index contributed by atoms with van der Waals surface area (Å²) in [5.74, 6) is -1.70. The molecule has 2 aromatic carbocycles. The largest absolute Gasteiger partial charge is 0.488 e. The van der Waals surface area contributed by atoms with Crippen molar-refractivity contribution in [3.05, 3.63) is 70.9 Å². The highest BCUT2D eigenvalue weighted by molar-refractivity contribution is 5.83. The number of nitrogens with zero attached hydrogens (tertiary/aromatic N) is 3. The summed E-state index contributed by atoms with van der Waals surface area (Å²) in [6, 6.07) is 9.54. The number of anilines is 1. The lowest BCUT2D eigenvalue weighted by Crippen LogP contribution is -2.46. The van der Waals surface area contributed by atoms with Gasteiger partial charge in [-0.25, -0.2) is 18.6 Å². The molecule has 1 fully saturated rings. The van der Waals surface area contributed by atoms with Crippen molar-refractivity contribution in [1.82, 2.24) is 9.38 Å². The molecule has 10 nitrogen and oxygen atoms in total. The molecule has 1 N–H and O–H groups in total. The predicted octanol–water partition coefficient (Wildman–Crippen LogP) is 7.51. The average Bonchev–Trinajstić information content (AvgIpc) is 3.52. The minimum Gasteiger partial charge on any atom is -0.488 e. The third-order valence-electron chi connectivity index (χ3n) is 9.76. The second-order valence-corrected chi connectivity index (χ2v) is 15.0. The number of benzene rings is 2. The van der Waals surface area contributed by atoms with E-state index in [4.69, 9.17) is 28.7 Å². The maximum atomic E-state index is 14.8. The van der Waals surface area contributed by atoms with Crippen LogP contribution in [0.3, 0.4) is 0 Å². The Morgan fingerprint density at radius 2 is 1.77 bits per heavy atom. The SMILES string of the molecule is COC(=O)[C@@H](OC(C)(C)C)c1c(C)c(C(C)O)c2nc3cn2c1N1CCC(C)(CC1)OCCOC[C@H](C)Oc1cc(F)c(F)cc1-c1cccc-3c1. The Kier molecular flexibility index (Phi) is 10.7. The number of aliphatic hydroxyl groups excluding tert-OH is 1. The van der Waals surface area contributed by atoms with E-state index in [-0.39, 0.29) is 12.4 Å². The van der Waals surface area contributed by atoms with Crippen molar-refractivity contribution in [3.63, 3.8) is 0 Å². The van der Waals surface area contributed by atoms with Gasteiger partial charge in [-0.2, -0.15) is 0 Å². The van der Waals surface area contributed by atoms with E-state index < -0.39 is 47.1 Å². The first kappa shape index (κ1) is 37.7. The number of piperidine rings is 1. The van der Waals surface area contributed by atoms with Crippen LogP contribution >= 0.6 is 0 Å². The maximum absolute atomic E-state index is 14.8. The third kappa shape index (κ3) is 7.66. The second-order valence-electron chi connectivity index (χ2n) is 15.0. The Hall–Kier alpha value is -4.10. The van der Waals surface area contributed by atoms with Crippen LogP contribution in [0.15, 0.2) is 42.6 Å². The number of rotatable bonds is 4. The van der Waals surface area contributed by atoms with Crippen LogP contribution in [0.5, 0.6) is 5.75 Å². The van der Waals surface area contributed by atoms with E-state index in [9.17, 15) is 18.7 Å². The highest BCUT2D eigenvalue weighted by Crippen LogP contribution is 2.43. The molecule has 5 heterocycles. The Morgan fingerprint density at radius 1 is 1.08 bits per heavy atom. The Labute approximate surface area is 303 Å². The number of imidazole rings is 1. The van der Waals surface area contributed by atoms with Crippen LogP contribution in [0.4, 0.5) is 14.6 Å². The highest BCUT2D eigenvalue weighted by atomic mass is 19.2. The average molecular weight is 722 g/mol. The number of aromatic nitrogens is 2. The fourth-order valence-electron chi connectivity index (χ4n) is 7.18. The molecule has 0 aliphatic carbocycles. The van der Waals surface area contributed by atoms with Crippen molar-refractivity contribution < 1.29 is 42.4 Å². The van der Waals surface area contributed by atoms with Crippen LogP contribution in [0.1, 0.15) is 83.3 Å². The Morgan fingerprint density at radius 3 is 2.44 bits per heavy atom. The molecule has 0 radical (unpaired) electrons. The standard InChI is InChI=1S/C40H49F2N3O7/c1-23-22-49-16-17-50-40(7)12-14-44(15-13-40)37-34(35(38(47)48-8)52-39(4,5)6)24(2)33(25(3)46)36-43-31(21-45(36)37)27-11-9-10-26(18-27)28-19-29(41)30(42)20-32(28)51-23/h9-11,18-21,23,25,35,46H,12-17,22H2,1-8H3/t23-,25?,35-/m0/s1. The number of carbonyl (C=O) groups excluding carboxylic acids is 1. The van der Waals surface area contributed by atoms with Gasteiger partial charge >= 0.3 is 5.97 Å². The van der Waals surface area contributed by atoms with E-state index in [1.54, 1.807) is 13.0 Å². The number of pyridine rings is 1. The van der Waals surface area contributed by atoms with Gasteiger partial charge in [-0.3, -0.25) is 4.40 Å². The summed E-state index contributed by atoms with van der Waals surface area (Å²) >= 11 is 0. The number of methoxy groups -OCH3 is 1. The quantitative estimate of drug-likeness (QED) is 0.169. The Balaban J connectivity index is 1.62. The number of carbonyl (C=O) groups is 1. The van der Waals surface area contributed by atoms with Crippen molar-refractivity contribution in [2.45, 2.75) is 90.8 Å². The summed E-state index contributed by atoms with van der Waals surface area (Å²) < 4.78 is 61.4. The van der Waals surface area contributed by atoms with E-state index in [0.717, 1.165) is 12.1 Å². The minimum atomic E-state index is -1.11. The summed E-state index contributed by atoms with van der Waals surface area (Å²) in [7, 11) is 1.34. The van der Waals surface area contributed by atoms with Crippen molar-refractivity contribution in [2.24, 2.45) is 0 Å². The van der Waals surface area contributed by atoms with Crippen molar-refractivity contribution in [3.8, 4) is 28.1 Å². The normalized spacial score (nSPS) is 21.1. The molecular weight excluding hydrogens is 672 g/mol. The van der Waals surface area contributed by atoms with Gasteiger partial charge in [-0.05, 0) is 84.6 Å². The molecule has 3 atom stereocenters. The summed E-state index contributed by atoms with van der Waals surface area (Å²) in [5, 5.41) is 11.3. The zero-order valence-corrected chi connectivity index (χ0v) is 31.2. The molecule has 2 aromatic heterocycles. The lowest BCUT2D eigenvalue weighted by Gasteiger charge is -2.42. The number of hydrogen-bond acceptors (Lipinski definition) is 9. The maximum Gasteiger partial charge on any atom is 0.339 e. The first-order chi connectivity index (χ1) is 24.6. The molecule has 52 heavy (non-hydrogen) atoms. The van der Waals surface area contributed by atoms with Gasteiger partial charge < -0.3 is 33.7 Å². The first-order valence-corrected chi connectivity index (χ1v) is 17.8. The molecular formula is C40H49F2N3O7. The van der Waals surface area contributed by atoms with Crippen LogP contribution in [0.2, 0.25) is 0 Å². The van der Waals surface area contributed by atoms with Crippen LogP contribution < -0.4 is 9.64 Å². The monoisotopic (exact) mass is 721 g/mol. The summed E-state index contributed by atoms with van der Waals surface area (Å²) in [6.07, 6.45) is 0.739. The minimum absolute atomic E-state index is 0.178. The van der Waals surface area contributed by atoms with E-state index in [1.807, 2.05) is 63.4 Å². The zero-order chi connectivity index (χ0) is 37.5. The second kappa shape index (κ2) is 14.7. The molecule has 12 heteroatoms. The summed E-state index contributed by atoms with van der Waals surface area (Å²) in [5.41, 5.74) is 3.39. The van der Waals surface area contributed by atoms with Crippen molar-refractivity contribution >= 4 is 17.4 Å². The first-order valence-electron chi connectivity index (χ1n) is 17.8. The molecule has 1 saturated heterocycles. The number of ether oxygens (including phenoxy) is 5. The number of esters is 1. The lowest BCUT2D eigenvalue weighted by atomic mass is 9.91. The third-order valence-corrected chi connectivity index (χ3v) is 9.76. The highest BCUT2D eigenvalue weighted by Gasteiger charge is 2.39. The zero-order valence-electron chi connectivity index (χ0n) is 31.2. The molecule has 4 aromatic rings. The number of halogens is 2. The van der Waals surface area contributed by atoms with Gasteiger partial charge in [0.1, 0.15) is 23.3 Å². The van der Waals surface area contributed by atoms with Crippen molar-refractivity contribution in [1.29, 1.82) is 0 Å². The van der Waals surface area contributed by atoms with E-state index in [0.29, 0.717) is 89.7 Å². The lowest BCUT2D eigenvalue weighted by molar-refractivity contribution is -0.164. The fraction of sp³-hybridized carbons (Fsp3) is 0.500. The van der Waals surface area contributed by atoms with Crippen LogP contribution in [0, 0.1) is 18.6 Å². The number of fused-ring (bicyclic) bond motifs is 8. The number of aliphatic hydroxyl groups is 1. The van der Waals surface area contributed by atoms with Crippen LogP contribution in [0.25, 0.3) is 28.0 Å². The van der Waals surface area contributed by atoms with Gasteiger partial charge in [-0.1, -0.05) is 18.2 Å². The summed E-state index contributed by atoms with van der Waals surface area (Å²) in [6.45, 7) is 15.2. The van der Waals surface area contributed by atoms with Gasteiger partial charge in [-0.15, -0.1) is 0 Å². The van der Waals surface area contributed by atoms with Gasteiger partial charge in [0.15, 0.2) is 17.7 Å². The molecule has 0 saturated carbocycles. The molecule has 0 amide bonds. The summed E-state index contributed by atoms with van der Waals surface area (Å²) in [4.78, 5) is 20.9. The van der Waals surface area contributed by atoms with Crippen LogP contribution in [-0.4, -0.2) is 77.8 Å². The topological polar surface area (TPSA) is 104 Å². The smallest absolute Gasteiger partial charge is 0.339 e. The molecule has 3 aliphatic rings. The molecule has 6 bridgehead atoms. The van der Waals surface area contributed by atoms with Gasteiger partial charge in [0.25, 0.3) is 0 Å². The predicted molar refractivity (Wildman–Crippen MR) is 194 cm³/mol. The Bertz CT molecular complexity index is 1950. The molecule has 0 spiro atoms. The van der Waals surface area contributed by atoms with Gasteiger partial charge in [0.2, 0.25) is 0 Å². The van der Waals surface area contributed by atoms with E-state index >= 15 is 0 Å². The molecule has 3 aliphatic heterocycles.